The monoisotopic (exact) mass is 343 g/mol. The lowest BCUT2D eigenvalue weighted by Crippen LogP contribution is -2.26. The standard InChI is InChI=1S/C14H17N9S/c1-3-10-20-21-14-23(10)22-11(24-14)8-5-4-6-9(7(8)2)18-13(17)19-12(15)16/h4-6H,3H2,1-2H3,(H6,15,16,17,18,19). The number of hydrogen-bond donors (Lipinski definition) is 3. The SMILES string of the molecule is CCc1nnc2sc(-c3cccc(N=C(N)N=C(N)N)c3C)nn12. The van der Waals surface area contributed by atoms with Gasteiger partial charge in [-0.25, -0.2) is 4.99 Å². The molecule has 0 aliphatic rings. The van der Waals surface area contributed by atoms with E-state index in [-0.39, 0.29) is 11.9 Å². The van der Waals surface area contributed by atoms with E-state index < -0.39 is 0 Å². The van der Waals surface area contributed by atoms with Crippen LogP contribution in [0.15, 0.2) is 28.2 Å². The van der Waals surface area contributed by atoms with Crippen LogP contribution in [-0.4, -0.2) is 31.7 Å². The van der Waals surface area contributed by atoms with Gasteiger partial charge in [-0.15, -0.1) is 10.2 Å². The maximum Gasteiger partial charge on any atom is 0.234 e. The highest BCUT2D eigenvalue weighted by molar-refractivity contribution is 7.19. The van der Waals surface area contributed by atoms with Crippen LogP contribution in [0.2, 0.25) is 0 Å². The molecule has 1 aromatic carbocycles. The number of hydrogen-bond acceptors (Lipinski definition) is 5. The number of nitrogens with two attached hydrogens (primary N) is 3. The largest absolute Gasteiger partial charge is 0.370 e. The van der Waals surface area contributed by atoms with Crippen LogP contribution in [0.1, 0.15) is 18.3 Å². The van der Waals surface area contributed by atoms with Gasteiger partial charge < -0.3 is 17.2 Å². The number of aryl methyl sites for hydroxylation is 1. The molecule has 2 heterocycles. The number of aromatic nitrogens is 4. The lowest BCUT2D eigenvalue weighted by molar-refractivity contribution is 0.837. The van der Waals surface area contributed by atoms with Crippen LogP contribution in [-0.2, 0) is 6.42 Å². The molecule has 10 heteroatoms. The molecule has 6 N–H and O–H groups in total. The average Bonchev–Trinajstić information content (AvgIpc) is 3.08. The first-order valence-electron chi connectivity index (χ1n) is 7.24. The highest BCUT2D eigenvalue weighted by Gasteiger charge is 2.14. The summed E-state index contributed by atoms with van der Waals surface area (Å²) in [6.07, 6.45) is 0.767. The zero-order valence-corrected chi connectivity index (χ0v) is 14.1. The maximum absolute atomic E-state index is 5.71. The summed E-state index contributed by atoms with van der Waals surface area (Å²) in [5.41, 5.74) is 18.9. The molecule has 0 aliphatic heterocycles. The smallest absolute Gasteiger partial charge is 0.234 e. The van der Waals surface area contributed by atoms with E-state index in [0.29, 0.717) is 5.69 Å². The van der Waals surface area contributed by atoms with Crippen LogP contribution in [0, 0.1) is 6.92 Å². The molecule has 0 bridgehead atoms. The summed E-state index contributed by atoms with van der Waals surface area (Å²) in [5, 5.41) is 13.7. The minimum absolute atomic E-state index is 0.00154. The third kappa shape index (κ3) is 2.91. The van der Waals surface area contributed by atoms with E-state index in [2.05, 4.69) is 25.3 Å². The molecular weight excluding hydrogens is 326 g/mol. The van der Waals surface area contributed by atoms with Crippen LogP contribution < -0.4 is 17.2 Å². The van der Waals surface area contributed by atoms with Crippen LogP contribution in [0.5, 0.6) is 0 Å². The summed E-state index contributed by atoms with van der Waals surface area (Å²) in [5.74, 6) is 0.698. The van der Waals surface area contributed by atoms with E-state index >= 15 is 0 Å². The topological polar surface area (TPSA) is 146 Å². The zero-order chi connectivity index (χ0) is 17.3. The molecule has 0 fully saturated rings. The first-order chi connectivity index (χ1) is 11.5. The molecule has 3 rings (SSSR count). The number of rotatable bonds is 3. The fourth-order valence-electron chi connectivity index (χ4n) is 2.24. The van der Waals surface area contributed by atoms with Gasteiger partial charge in [-0.1, -0.05) is 30.4 Å². The molecule has 0 radical (unpaired) electrons. The number of aliphatic imine (C=N–C) groups is 2. The van der Waals surface area contributed by atoms with E-state index in [9.17, 15) is 0 Å². The maximum atomic E-state index is 5.71. The van der Waals surface area contributed by atoms with Crippen molar-refractivity contribution in [2.45, 2.75) is 20.3 Å². The Balaban J connectivity index is 2.06. The summed E-state index contributed by atoms with van der Waals surface area (Å²) < 4.78 is 1.77. The molecule has 0 aliphatic carbocycles. The number of guanidine groups is 2. The second-order valence-electron chi connectivity index (χ2n) is 5.03. The fourth-order valence-corrected chi connectivity index (χ4v) is 3.18. The Morgan fingerprint density at radius 3 is 2.75 bits per heavy atom. The van der Waals surface area contributed by atoms with E-state index in [1.165, 1.54) is 11.3 Å². The second kappa shape index (κ2) is 6.24. The first-order valence-corrected chi connectivity index (χ1v) is 8.06. The molecule has 0 atom stereocenters. The molecule has 24 heavy (non-hydrogen) atoms. The lowest BCUT2D eigenvalue weighted by Gasteiger charge is -2.05. The highest BCUT2D eigenvalue weighted by atomic mass is 32.1. The summed E-state index contributed by atoms with van der Waals surface area (Å²) in [7, 11) is 0. The van der Waals surface area contributed by atoms with Gasteiger partial charge in [-0.2, -0.15) is 14.6 Å². The van der Waals surface area contributed by atoms with Crippen LogP contribution in [0.3, 0.4) is 0 Å². The second-order valence-corrected chi connectivity index (χ2v) is 5.98. The molecule has 0 unspecified atom stereocenters. The summed E-state index contributed by atoms with van der Waals surface area (Å²) in [6, 6.07) is 5.70. The predicted molar refractivity (Wildman–Crippen MR) is 95.3 cm³/mol. The molecule has 124 valence electrons. The molecular formula is C14H17N9S. The average molecular weight is 343 g/mol. The molecule has 0 amide bonds. The van der Waals surface area contributed by atoms with Gasteiger partial charge in [0.2, 0.25) is 10.9 Å². The predicted octanol–water partition coefficient (Wildman–Crippen LogP) is 0.943. The van der Waals surface area contributed by atoms with Crippen molar-refractivity contribution < 1.29 is 0 Å². The minimum Gasteiger partial charge on any atom is -0.370 e. The van der Waals surface area contributed by atoms with Gasteiger partial charge >= 0.3 is 0 Å². The van der Waals surface area contributed by atoms with Gasteiger partial charge in [0.05, 0.1) is 5.69 Å². The summed E-state index contributed by atoms with van der Waals surface area (Å²) in [4.78, 5) is 8.74. The third-order valence-corrected chi connectivity index (χ3v) is 4.32. The molecule has 0 saturated heterocycles. The van der Waals surface area contributed by atoms with Crippen molar-refractivity contribution in [1.29, 1.82) is 0 Å². The van der Waals surface area contributed by atoms with Gasteiger partial charge in [0.1, 0.15) is 5.01 Å². The zero-order valence-electron chi connectivity index (χ0n) is 13.3. The van der Waals surface area contributed by atoms with Gasteiger partial charge in [-0.05, 0) is 18.6 Å². The molecule has 3 aromatic rings. The summed E-state index contributed by atoms with van der Waals surface area (Å²) >= 11 is 1.47. The normalized spacial score (nSPS) is 11.8. The Hall–Kier alpha value is -3.01. The van der Waals surface area contributed by atoms with Crippen LogP contribution >= 0.6 is 11.3 Å². The summed E-state index contributed by atoms with van der Waals surface area (Å²) in [6.45, 7) is 3.96. The van der Waals surface area contributed by atoms with E-state index in [0.717, 1.165) is 33.3 Å². The third-order valence-electron chi connectivity index (χ3n) is 3.39. The van der Waals surface area contributed by atoms with Crippen LogP contribution in [0.4, 0.5) is 5.69 Å². The Kier molecular flexibility index (Phi) is 4.13. The van der Waals surface area contributed by atoms with Crippen molar-refractivity contribution >= 4 is 33.9 Å². The molecule has 0 saturated carbocycles. The van der Waals surface area contributed by atoms with E-state index in [1.807, 2.05) is 32.0 Å². The van der Waals surface area contributed by atoms with Crippen molar-refractivity contribution in [2.75, 3.05) is 0 Å². The van der Waals surface area contributed by atoms with Gasteiger partial charge in [0.15, 0.2) is 11.8 Å². The Bertz CT molecular complexity index is 946. The molecule has 9 nitrogen and oxygen atoms in total. The minimum atomic E-state index is -0.134. The van der Waals surface area contributed by atoms with Crippen molar-refractivity contribution in [2.24, 2.45) is 27.2 Å². The van der Waals surface area contributed by atoms with Gasteiger partial charge in [-0.3, -0.25) is 0 Å². The Morgan fingerprint density at radius 1 is 1.25 bits per heavy atom. The molecule has 2 aromatic heterocycles. The van der Waals surface area contributed by atoms with E-state index in [1.54, 1.807) is 4.52 Å². The Morgan fingerprint density at radius 2 is 2.04 bits per heavy atom. The van der Waals surface area contributed by atoms with E-state index in [4.69, 9.17) is 17.2 Å². The Labute approximate surface area is 141 Å². The van der Waals surface area contributed by atoms with Crippen molar-refractivity contribution in [3.63, 3.8) is 0 Å². The number of nitrogens with zero attached hydrogens (tertiary/aromatic N) is 6. The van der Waals surface area contributed by atoms with Crippen LogP contribution in [0.25, 0.3) is 15.5 Å². The van der Waals surface area contributed by atoms with Crippen molar-refractivity contribution in [1.82, 2.24) is 19.8 Å². The molecule has 0 spiro atoms. The fraction of sp³-hybridized carbons (Fsp3) is 0.214. The lowest BCUT2D eigenvalue weighted by atomic mass is 10.1. The number of fused-ring (bicyclic) bond motifs is 1. The quantitative estimate of drug-likeness (QED) is 0.476. The highest BCUT2D eigenvalue weighted by Crippen LogP contribution is 2.32. The van der Waals surface area contributed by atoms with Crippen molar-refractivity contribution in [3.8, 4) is 10.6 Å². The van der Waals surface area contributed by atoms with Gasteiger partial charge in [0, 0.05) is 12.0 Å². The first kappa shape index (κ1) is 15.9. The van der Waals surface area contributed by atoms with Crippen molar-refractivity contribution in [3.05, 3.63) is 29.6 Å². The van der Waals surface area contributed by atoms with Gasteiger partial charge in [0.25, 0.3) is 0 Å². The number of benzene rings is 1.